The van der Waals surface area contributed by atoms with Crippen LogP contribution in [-0.2, 0) is 20.9 Å². The highest BCUT2D eigenvalue weighted by atomic mass is 16.5. The molecule has 2 amide bonds. The van der Waals surface area contributed by atoms with Crippen LogP contribution >= 0.6 is 0 Å². The van der Waals surface area contributed by atoms with Gasteiger partial charge in [0.05, 0.1) is 6.61 Å². The summed E-state index contributed by atoms with van der Waals surface area (Å²) in [6.07, 6.45) is 3.65. The molecular formula is C21H30N2O3. The zero-order valence-corrected chi connectivity index (χ0v) is 15.7. The van der Waals surface area contributed by atoms with E-state index in [2.05, 4.69) is 12.1 Å². The van der Waals surface area contributed by atoms with Crippen molar-refractivity contribution in [3.8, 4) is 0 Å². The zero-order chi connectivity index (χ0) is 18.4. The van der Waals surface area contributed by atoms with Crippen molar-refractivity contribution < 1.29 is 14.3 Å². The number of piperidine rings is 2. The fourth-order valence-electron chi connectivity index (χ4n) is 3.94. The molecule has 0 unspecified atom stereocenters. The van der Waals surface area contributed by atoms with Gasteiger partial charge in [0.1, 0.15) is 0 Å². The minimum absolute atomic E-state index is 0.0940. The Bertz CT molecular complexity index is 589. The number of carbonyl (C=O) groups excluding carboxylic acids is 2. The number of benzene rings is 1. The lowest BCUT2D eigenvalue weighted by Crippen LogP contribution is -2.46. The molecule has 142 valence electrons. The summed E-state index contributed by atoms with van der Waals surface area (Å²) in [7, 11) is 0. The highest BCUT2D eigenvalue weighted by molar-refractivity contribution is 5.79. The fraction of sp³-hybridized carbons (Fsp3) is 0.619. The van der Waals surface area contributed by atoms with E-state index in [4.69, 9.17) is 4.74 Å². The van der Waals surface area contributed by atoms with Crippen molar-refractivity contribution in [1.29, 1.82) is 0 Å². The van der Waals surface area contributed by atoms with Crippen molar-refractivity contribution in [3.05, 3.63) is 35.9 Å². The normalized spacial score (nSPS) is 19.6. The Kier molecular flexibility index (Phi) is 6.67. The monoisotopic (exact) mass is 358 g/mol. The Labute approximate surface area is 156 Å². The Balaban J connectivity index is 1.35. The van der Waals surface area contributed by atoms with Crippen LogP contribution in [0.5, 0.6) is 0 Å². The van der Waals surface area contributed by atoms with Gasteiger partial charge in [-0.25, -0.2) is 0 Å². The molecule has 2 saturated heterocycles. The summed E-state index contributed by atoms with van der Waals surface area (Å²) in [6.45, 7) is 6.15. The maximum Gasteiger partial charge on any atom is 0.225 e. The van der Waals surface area contributed by atoms with E-state index in [1.165, 1.54) is 5.56 Å². The van der Waals surface area contributed by atoms with Crippen LogP contribution in [0, 0.1) is 11.8 Å². The number of carbonyl (C=O) groups is 2. The topological polar surface area (TPSA) is 49.9 Å². The average Bonchev–Trinajstić information content (AvgIpc) is 2.69. The number of rotatable bonds is 5. The van der Waals surface area contributed by atoms with Gasteiger partial charge in [-0.1, -0.05) is 30.3 Å². The third kappa shape index (κ3) is 5.07. The lowest BCUT2D eigenvalue weighted by atomic mass is 9.92. The van der Waals surface area contributed by atoms with Crippen molar-refractivity contribution >= 4 is 11.8 Å². The van der Waals surface area contributed by atoms with Crippen LogP contribution in [0.25, 0.3) is 0 Å². The molecule has 0 aliphatic carbocycles. The minimum Gasteiger partial charge on any atom is -0.376 e. The van der Waals surface area contributed by atoms with E-state index in [0.717, 1.165) is 58.5 Å². The molecule has 2 fully saturated rings. The van der Waals surface area contributed by atoms with Crippen molar-refractivity contribution in [2.24, 2.45) is 11.8 Å². The molecule has 1 aromatic carbocycles. The Morgan fingerprint density at radius 1 is 0.962 bits per heavy atom. The average molecular weight is 358 g/mol. The van der Waals surface area contributed by atoms with Crippen molar-refractivity contribution in [1.82, 2.24) is 9.80 Å². The molecule has 3 rings (SSSR count). The van der Waals surface area contributed by atoms with Crippen LogP contribution < -0.4 is 0 Å². The standard InChI is InChI=1S/C21H30N2O3/c1-17(24)22-13-9-20(10-14-22)21(25)23-11-7-19(8-12-23)16-26-15-18-5-3-2-4-6-18/h2-6,19-20H,7-16H2,1H3. The third-order valence-corrected chi connectivity index (χ3v) is 5.68. The Hall–Kier alpha value is -1.88. The number of amides is 2. The smallest absolute Gasteiger partial charge is 0.225 e. The van der Waals surface area contributed by atoms with Gasteiger partial charge in [-0.2, -0.15) is 0 Å². The number of likely N-dealkylation sites (tertiary alicyclic amines) is 2. The second kappa shape index (κ2) is 9.17. The molecule has 2 heterocycles. The molecule has 2 aliphatic heterocycles. The third-order valence-electron chi connectivity index (χ3n) is 5.68. The fourth-order valence-corrected chi connectivity index (χ4v) is 3.94. The number of hydrogen-bond donors (Lipinski definition) is 0. The molecule has 0 saturated carbocycles. The van der Waals surface area contributed by atoms with E-state index in [-0.39, 0.29) is 17.7 Å². The molecular weight excluding hydrogens is 328 g/mol. The summed E-state index contributed by atoms with van der Waals surface area (Å²) in [4.78, 5) is 28.0. The quantitative estimate of drug-likeness (QED) is 0.813. The number of ether oxygens (including phenoxy) is 1. The van der Waals surface area contributed by atoms with E-state index in [0.29, 0.717) is 12.5 Å². The predicted molar refractivity (Wildman–Crippen MR) is 100 cm³/mol. The van der Waals surface area contributed by atoms with Gasteiger partial charge < -0.3 is 14.5 Å². The lowest BCUT2D eigenvalue weighted by Gasteiger charge is -2.37. The molecule has 5 nitrogen and oxygen atoms in total. The summed E-state index contributed by atoms with van der Waals surface area (Å²) in [5.41, 5.74) is 1.21. The molecule has 0 N–H and O–H groups in total. The van der Waals surface area contributed by atoms with Crippen LogP contribution in [0.15, 0.2) is 30.3 Å². The van der Waals surface area contributed by atoms with Gasteiger partial charge in [-0.15, -0.1) is 0 Å². The first-order valence-electron chi connectivity index (χ1n) is 9.79. The van der Waals surface area contributed by atoms with E-state index in [9.17, 15) is 9.59 Å². The lowest BCUT2D eigenvalue weighted by molar-refractivity contribution is -0.141. The van der Waals surface area contributed by atoms with Crippen molar-refractivity contribution in [2.45, 2.75) is 39.2 Å². The molecule has 2 aliphatic rings. The Morgan fingerprint density at radius 2 is 1.58 bits per heavy atom. The van der Waals surface area contributed by atoms with Gasteiger partial charge in [0.2, 0.25) is 11.8 Å². The summed E-state index contributed by atoms with van der Waals surface area (Å²) in [5.74, 6) is 1.04. The predicted octanol–water partition coefficient (Wildman–Crippen LogP) is 2.70. The summed E-state index contributed by atoms with van der Waals surface area (Å²) < 4.78 is 5.86. The molecule has 0 radical (unpaired) electrons. The summed E-state index contributed by atoms with van der Waals surface area (Å²) >= 11 is 0. The maximum atomic E-state index is 12.7. The molecule has 5 heteroatoms. The van der Waals surface area contributed by atoms with E-state index < -0.39 is 0 Å². The minimum atomic E-state index is 0.0940. The summed E-state index contributed by atoms with van der Waals surface area (Å²) in [6, 6.07) is 10.2. The molecule has 0 spiro atoms. The van der Waals surface area contributed by atoms with Gasteiger partial charge in [0.25, 0.3) is 0 Å². The molecule has 0 aromatic heterocycles. The molecule has 26 heavy (non-hydrogen) atoms. The second-order valence-electron chi connectivity index (χ2n) is 7.55. The van der Waals surface area contributed by atoms with E-state index in [1.54, 1.807) is 6.92 Å². The summed E-state index contributed by atoms with van der Waals surface area (Å²) in [5, 5.41) is 0. The Morgan fingerprint density at radius 3 is 2.19 bits per heavy atom. The van der Waals surface area contributed by atoms with Crippen LogP contribution in [0.3, 0.4) is 0 Å². The van der Waals surface area contributed by atoms with Crippen LogP contribution in [-0.4, -0.2) is 54.4 Å². The number of nitrogens with zero attached hydrogens (tertiary/aromatic N) is 2. The highest BCUT2D eigenvalue weighted by Gasteiger charge is 2.31. The van der Waals surface area contributed by atoms with E-state index >= 15 is 0 Å². The molecule has 0 atom stereocenters. The first-order chi connectivity index (χ1) is 12.6. The van der Waals surface area contributed by atoms with Crippen LogP contribution in [0.4, 0.5) is 0 Å². The van der Waals surface area contributed by atoms with E-state index in [1.807, 2.05) is 28.0 Å². The first-order valence-corrected chi connectivity index (χ1v) is 9.79. The largest absolute Gasteiger partial charge is 0.376 e. The van der Waals surface area contributed by atoms with Crippen molar-refractivity contribution in [3.63, 3.8) is 0 Å². The maximum absolute atomic E-state index is 12.7. The second-order valence-corrected chi connectivity index (χ2v) is 7.55. The highest BCUT2D eigenvalue weighted by Crippen LogP contribution is 2.24. The van der Waals surface area contributed by atoms with Crippen LogP contribution in [0.2, 0.25) is 0 Å². The first kappa shape index (κ1) is 18.9. The molecule has 0 bridgehead atoms. The van der Waals surface area contributed by atoms with Crippen LogP contribution in [0.1, 0.15) is 38.2 Å². The van der Waals surface area contributed by atoms with Gasteiger partial charge in [0.15, 0.2) is 0 Å². The van der Waals surface area contributed by atoms with Gasteiger partial charge in [-0.3, -0.25) is 9.59 Å². The molecule has 1 aromatic rings. The zero-order valence-electron chi connectivity index (χ0n) is 15.7. The number of hydrogen-bond acceptors (Lipinski definition) is 3. The van der Waals surface area contributed by atoms with Gasteiger partial charge >= 0.3 is 0 Å². The van der Waals surface area contributed by atoms with Gasteiger partial charge in [-0.05, 0) is 37.2 Å². The SMILES string of the molecule is CC(=O)N1CCC(C(=O)N2CCC(COCc3ccccc3)CC2)CC1. The van der Waals surface area contributed by atoms with Gasteiger partial charge in [0, 0.05) is 45.6 Å². The van der Waals surface area contributed by atoms with Crippen molar-refractivity contribution in [2.75, 3.05) is 32.8 Å².